The van der Waals surface area contributed by atoms with Crippen LogP contribution in [0.4, 0.5) is 0 Å². The molecule has 1 atom stereocenters. The van der Waals surface area contributed by atoms with E-state index < -0.39 is 0 Å². The van der Waals surface area contributed by atoms with E-state index in [1.165, 1.54) is 71.7 Å². The summed E-state index contributed by atoms with van der Waals surface area (Å²) in [5.74, 6) is 0. The molecule has 8 rings (SSSR count). The Morgan fingerprint density at radius 3 is 2.43 bits per heavy atom. The summed E-state index contributed by atoms with van der Waals surface area (Å²) >= 11 is 3.95. The Morgan fingerprint density at radius 2 is 1.54 bits per heavy atom. The number of allylic oxidation sites excluding steroid dienone is 1. The zero-order valence-electron chi connectivity index (χ0n) is 19.3. The predicted molar refractivity (Wildman–Crippen MR) is 151 cm³/mol. The van der Waals surface area contributed by atoms with Crippen LogP contribution < -0.4 is 0 Å². The van der Waals surface area contributed by atoms with Crippen LogP contribution in [0.15, 0.2) is 102 Å². The molecule has 1 unspecified atom stereocenters. The van der Waals surface area contributed by atoms with Gasteiger partial charge in [0.05, 0.1) is 0 Å². The van der Waals surface area contributed by atoms with E-state index in [1.54, 1.807) is 0 Å². The van der Waals surface area contributed by atoms with Crippen molar-refractivity contribution in [1.82, 2.24) is 0 Å². The number of thioether (sulfide) groups is 1. The third kappa shape index (κ3) is 3.13. The summed E-state index contributed by atoms with van der Waals surface area (Å²) in [6.07, 6.45) is 6.12. The van der Waals surface area contributed by atoms with Gasteiger partial charge in [-0.1, -0.05) is 66.7 Å². The van der Waals surface area contributed by atoms with Gasteiger partial charge in [-0.2, -0.15) is 0 Å². The van der Waals surface area contributed by atoms with E-state index in [1.807, 2.05) is 23.1 Å². The topological polar surface area (TPSA) is 0 Å². The Morgan fingerprint density at radius 1 is 0.743 bits per heavy atom. The van der Waals surface area contributed by atoms with Crippen LogP contribution in [0.5, 0.6) is 0 Å². The van der Waals surface area contributed by atoms with Gasteiger partial charge in [-0.15, -0.1) is 23.1 Å². The Labute approximate surface area is 214 Å². The molecule has 1 aromatic heterocycles. The van der Waals surface area contributed by atoms with E-state index in [9.17, 15) is 0 Å². The number of rotatable bonds is 3. The summed E-state index contributed by atoms with van der Waals surface area (Å²) in [5.41, 5.74) is 10.4. The first-order chi connectivity index (χ1) is 17.3. The lowest BCUT2D eigenvalue weighted by atomic mass is 9.86. The molecule has 2 heterocycles. The summed E-state index contributed by atoms with van der Waals surface area (Å²) in [5, 5.41) is 1.81. The third-order valence-electron chi connectivity index (χ3n) is 8.04. The molecule has 1 fully saturated rings. The maximum atomic E-state index is 2.51. The molecule has 2 aliphatic carbocycles. The number of fused-ring (bicyclic) bond motifs is 4. The monoisotopic (exact) mass is 484 g/mol. The minimum Gasteiger partial charge on any atom is -0.135 e. The van der Waals surface area contributed by atoms with Gasteiger partial charge in [0.2, 0.25) is 0 Å². The zero-order chi connectivity index (χ0) is 23.0. The molecule has 0 N–H and O–H groups in total. The van der Waals surface area contributed by atoms with Crippen molar-refractivity contribution in [2.45, 2.75) is 34.8 Å². The van der Waals surface area contributed by atoms with Gasteiger partial charge >= 0.3 is 0 Å². The highest BCUT2D eigenvalue weighted by atomic mass is 32.2. The second-order valence-corrected chi connectivity index (χ2v) is 12.5. The van der Waals surface area contributed by atoms with Crippen molar-refractivity contribution < 1.29 is 0 Å². The van der Waals surface area contributed by atoms with Gasteiger partial charge in [-0.05, 0) is 100 Å². The average Bonchev–Trinajstić information content (AvgIpc) is 3.26. The van der Waals surface area contributed by atoms with Crippen molar-refractivity contribution in [1.29, 1.82) is 0 Å². The standard InChI is InChI=1S/C33H24S2/c1-4-10-27-21(7-1)18-28(33(27)13-14-33)24-15-25(31-19-22-8-2-5-11-29(22)34-31)17-26(16-24)32-20-23-9-3-6-12-30(23)35-32/h1-12,15-19,32H,13-14,20H2. The van der Waals surface area contributed by atoms with E-state index in [-0.39, 0.29) is 5.41 Å². The van der Waals surface area contributed by atoms with Crippen LogP contribution in [0.2, 0.25) is 0 Å². The molecule has 3 aliphatic rings. The minimum atomic E-state index is 0.235. The lowest BCUT2D eigenvalue weighted by molar-refractivity contribution is 0.927. The fraction of sp³-hybridized carbons (Fsp3) is 0.152. The number of benzene rings is 4. The van der Waals surface area contributed by atoms with E-state index in [2.05, 4.69) is 103 Å². The molecule has 0 amide bonds. The van der Waals surface area contributed by atoms with Gasteiger partial charge in [-0.25, -0.2) is 0 Å². The summed E-state index contributed by atoms with van der Waals surface area (Å²) in [6.45, 7) is 0. The van der Waals surface area contributed by atoms with Gasteiger partial charge in [0.25, 0.3) is 0 Å². The number of thiophene rings is 1. The molecule has 1 saturated carbocycles. The molecule has 0 radical (unpaired) electrons. The Bertz CT molecular complexity index is 1610. The molecule has 0 bridgehead atoms. The van der Waals surface area contributed by atoms with Gasteiger partial charge in [0.1, 0.15) is 0 Å². The molecule has 1 aliphatic heterocycles. The molecular formula is C33H24S2. The van der Waals surface area contributed by atoms with Crippen molar-refractivity contribution in [3.05, 3.63) is 125 Å². The SMILES string of the molecule is C1=C(c2cc(-c3cc4ccccc4s3)cc(C3Cc4ccccc4S3)c2)C2(CC2)c2ccccc21. The Hall–Kier alpha value is -3.07. The molecule has 4 aromatic carbocycles. The highest BCUT2D eigenvalue weighted by Gasteiger charge is 2.51. The van der Waals surface area contributed by atoms with Gasteiger partial charge < -0.3 is 0 Å². The van der Waals surface area contributed by atoms with Crippen molar-refractivity contribution in [2.24, 2.45) is 0 Å². The Balaban J connectivity index is 1.29. The van der Waals surface area contributed by atoms with Gasteiger partial charge in [0, 0.05) is 25.1 Å². The molecule has 0 nitrogen and oxygen atoms in total. The average molecular weight is 485 g/mol. The predicted octanol–water partition coefficient (Wildman–Crippen LogP) is 9.54. The summed E-state index contributed by atoms with van der Waals surface area (Å²) in [7, 11) is 0. The number of hydrogen-bond acceptors (Lipinski definition) is 2. The van der Waals surface area contributed by atoms with E-state index in [0.29, 0.717) is 5.25 Å². The fourth-order valence-corrected chi connectivity index (χ4v) is 8.50. The minimum absolute atomic E-state index is 0.235. The van der Waals surface area contributed by atoms with Gasteiger partial charge in [0.15, 0.2) is 0 Å². The molecule has 168 valence electrons. The van der Waals surface area contributed by atoms with Crippen molar-refractivity contribution in [3.63, 3.8) is 0 Å². The molecule has 1 spiro atoms. The normalized spacial score (nSPS) is 19.1. The second kappa shape index (κ2) is 7.46. The van der Waals surface area contributed by atoms with Crippen molar-refractivity contribution >= 4 is 44.8 Å². The summed E-state index contributed by atoms with van der Waals surface area (Å²) in [4.78, 5) is 2.81. The van der Waals surface area contributed by atoms with E-state index in [4.69, 9.17) is 0 Å². The van der Waals surface area contributed by atoms with Crippen LogP contribution in [0.3, 0.4) is 0 Å². The molecule has 2 heteroatoms. The van der Waals surface area contributed by atoms with Crippen LogP contribution in [0.25, 0.3) is 32.2 Å². The van der Waals surface area contributed by atoms with E-state index >= 15 is 0 Å². The van der Waals surface area contributed by atoms with Crippen LogP contribution in [0.1, 0.15) is 45.9 Å². The summed E-state index contributed by atoms with van der Waals surface area (Å²) < 4.78 is 1.36. The smallest absolute Gasteiger partial charge is 0.0385 e. The quantitative estimate of drug-likeness (QED) is 0.246. The highest BCUT2D eigenvalue weighted by molar-refractivity contribution is 7.99. The summed E-state index contributed by atoms with van der Waals surface area (Å²) in [6, 6.07) is 36.6. The lowest BCUT2D eigenvalue weighted by Crippen LogP contribution is -2.06. The molecule has 5 aromatic rings. The second-order valence-electron chi connectivity index (χ2n) is 10.1. The first-order valence-corrected chi connectivity index (χ1v) is 14.2. The van der Waals surface area contributed by atoms with E-state index in [0.717, 1.165) is 6.42 Å². The Kier molecular flexibility index (Phi) is 4.30. The fourth-order valence-electron chi connectivity index (χ4n) is 6.15. The molecule has 0 saturated heterocycles. The highest BCUT2D eigenvalue weighted by Crippen LogP contribution is 2.62. The zero-order valence-corrected chi connectivity index (χ0v) is 21.0. The lowest BCUT2D eigenvalue weighted by Gasteiger charge is -2.19. The first kappa shape index (κ1) is 20.2. The third-order valence-corrected chi connectivity index (χ3v) is 10.6. The molecular weight excluding hydrogens is 460 g/mol. The van der Waals surface area contributed by atoms with Crippen LogP contribution >= 0.6 is 23.1 Å². The van der Waals surface area contributed by atoms with Crippen molar-refractivity contribution in [3.8, 4) is 10.4 Å². The molecule has 35 heavy (non-hydrogen) atoms. The van der Waals surface area contributed by atoms with Crippen molar-refractivity contribution in [2.75, 3.05) is 0 Å². The maximum absolute atomic E-state index is 2.51. The largest absolute Gasteiger partial charge is 0.135 e. The first-order valence-electron chi connectivity index (χ1n) is 12.5. The number of hydrogen-bond donors (Lipinski definition) is 0. The van der Waals surface area contributed by atoms with Gasteiger partial charge in [-0.3, -0.25) is 0 Å². The van der Waals surface area contributed by atoms with Crippen LogP contribution in [-0.4, -0.2) is 0 Å². The van der Waals surface area contributed by atoms with Crippen LogP contribution in [-0.2, 0) is 11.8 Å². The van der Waals surface area contributed by atoms with Crippen LogP contribution in [0, 0.1) is 0 Å². The maximum Gasteiger partial charge on any atom is 0.0385 e.